The first-order valence-corrected chi connectivity index (χ1v) is 6.63. The van der Waals surface area contributed by atoms with Crippen LogP contribution in [-0.4, -0.2) is 6.54 Å². The van der Waals surface area contributed by atoms with Gasteiger partial charge in [-0.3, -0.25) is 0 Å². The summed E-state index contributed by atoms with van der Waals surface area (Å²) in [7, 11) is 0. The van der Waals surface area contributed by atoms with Crippen LogP contribution in [0.15, 0.2) is 24.3 Å². The van der Waals surface area contributed by atoms with Crippen molar-refractivity contribution >= 4 is 0 Å². The molecule has 1 heteroatoms. The Morgan fingerprint density at radius 2 is 1.59 bits per heavy atom. The molecule has 0 aliphatic rings. The Morgan fingerprint density at radius 1 is 1.06 bits per heavy atom. The third kappa shape index (κ3) is 4.16. The smallest absolute Gasteiger partial charge is 0.00407 e. The van der Waals surface area contributed by atoms with Gasteiger partial charge in [-0.2, -0.15) is 0 Å². The molecule has 0 aliphatic carbocycles. The SMILES string of the molecule is CC(C)c1ccc(CC(CN)C(C)(C)C)cc1. The van der Waals surface area contributed by atoms with Crippen molar-refractivity contribution in [1.82, 2.24) is 0 Å². The van der Waals surface area contributed by atoms with E-state index in [1.807, 2.05) is 0 Å². The fourth-order valence-corrected chi connectivity index (χ4v) is 2.07. The third-order valence-electron chi connectivity index (χ3n) is 3.64. The maximum Gasteiger partial charge on any atom is -0.00407 e. The van der Waals surface area contributed by atoms with Crippen molar-refractivity contribution in [3.05, 3.63) is 35.4 Å². The minimum atomic E-state index is 0.283. The van der Waals surface area contributed by atoms with Crippen LogP contribution in [0.5, 0.6) is 0 Å². The van der Waals surface area contributed by atoms with E-state index in [9.17, 15) is 0 Å². The summed E-state index contributed by atoms with van der Waals surface area (Å²) in [6, 6.07) is 9.00. The fraction of sp³-hybridized carbons (Fsp3) is 0.625. The first-order chi connectivity index (χ1) is 7.84. The summed E-state index contributed by atoms with van der Waals surface area (Å²) in [4.78, 5) is 0. The highest BCUT2D eigenvalue weighted by atomic mass is 14.6. The monoisotopic (exact) mass is 233 g/mol. The highest BCUT2D eigenvalue weighted by molar-refractivity contribution is 5.25. The molecule has 1 rings (SSSR count). The molecule has 0 aromatic heterocycles. The second-order valence-electron chi connectivity index (χ2n) is 6.40. The minimum absolute atomic E-state index is 0.283. The molecule has 96 valence electrons. The van der Waals surface area contributed by atoms with Gasteiger partial charge in [-0.15, -0.1) is 0 Å². The molecule has 0 amide bonds. The molecule has 0 fully saturated rings. The van der Waals surface area contributed by atoms with Crippen LogP contribution in [0.3, 0.4) is 0 Å². The second-order valence-corrected chi connectivity index (χ2v) is 6.40. The van der Waals surface area contributed by atoms with Crippen LogP contribution in [-0.2, 0) is 6.42 Å². The first kappa shape index (κ1) is 14.2. The summed E-state index contributed by atoms with van der Waals surface area (Å²) in [6.07, 6.45) is 1.08. The van der Waals surface area contributed by atoms with Gasteiger partial charge >= 0.3 is 0 Å². The molecule has 1 aromatic carbocycles. The highest BCUT2D eigenvalue weighted by Gasteiger charge is 2.23. The molecule has 0 spiro atoms. The molecular formula is C16H27N. The molecule has 1 unspecified atom stereocenters. The Kier molecular flexibility index (Phi) is 4.76. The lowest BCUT2D eigenvalue weighted by Gasteiger charge is -2.29. The number of hydrogen-bond acceptors (Lipinski definition) is 1. The molecule has 0 bridgehead atoms. The van der Waals surface area contributed by atoms with E-state index >= 15 is 0 Å². The van der Waals surface area contributed by atoms with Crippen molar-refractivity contribution in [3.8, 4) is 0 Å². The molecule has 1 aromatic rings. The summed E-state index contributed by atoms with van der Waals surface area (Å²) in [6.45, 7) is 12.0. The highest BCUT2D eigenvalue weighted by Crippen LogP contribution is 2.28. The normalized spacial score (nSPS) is 14.1. The van der Waals surface area contributed by atoms with Gasteiger partial charge < -0.3 is 5.73 Å². The van der Waals surface area contributed by atoms with E-state index in [0.29, 0.717) is 11.8 Å². The van der Waals surface area contributed by atoms with E-state index in [2.05, 4.69) is 58.9 Å². The predicted octanol–water partition coefficient (Wildman–Crippen LogP) is 3.97. The first-order valence-electron chi connectivity index (χ1n) is 6.63. The molecule has 1 atom stereocenters. The van der Waals surface area contributed by atoms with E-state index < -0.39 is 0 Å². The maximum atomic E-state index is 5.88. The molecule has 2 N–H and O–H groups in total. The molecule has 0 saturated heterocycles. The summed E-state index contributed by atoms with van der Waals surface area (Å²) in [5.74, 6) is 1.16. The van der Waals surface area contributed by atoms with Crippen LogP contribution >= 0.6 is 0 Å². The largest absolute Gasteiger partial charge is 0.330 e. The molecule has 17 heavy (non-hydrogen) atoms. The fourth-order valence-electron chi connectivity index (χ4n) is 2.07. The van der Waals surface area contributed by atoms with Crippen LogP contribution in [0.2, 0.25) is 0 Å². The number of nitrogens with two attached hydrogens (primary N) is 1. The summed E-state index contributed by atoms with van der Waals surface area (Å²) < 4.78 is 0. The van der Waals surface area contributed by atoms with Gasteiger partial charge in [0.05, 0.1) is 0 Å². The van der Waals surface area contributed by atoms with Gasteiger partial charge in [-0.1, -0.05) is 58.9 Å². The maximum absolute atomic E-state index is 5.88. The summed E-state index contributed by atoms with van der Waals surface area (Å²) in [5.41, 5.74) is 8.98. The van der Waals surface area contributed by atoms with Gasteiger partial charge in [0.25, 0.3) is 0 Å². The average molecular weight is 233 g/mol. The van der Waals surface area contributed by atoms with E-state index in [1.165, 1.54) is 11.1 Å². The third-order valence-corrected chi connectivity index (χ3v) is 3.64. The van der Waals surface area contributed by atoms with Crippen LogP contribution < -0.4 is 5.73 Å². The lowest BCUT2D eigenvalue weighted by molar-refractivity contribution is 0.246. The Hall–Kier alpha value is -0.820. The van der Waals surface area contributed by atoms with E-state index in [-0.39, 0.29) is 5.41 Å². The van der Waals surface area contributed by atoms with Crippen LogP contribution in [0.25, 0.3) is 0 Å². The Balaban J connectivity index is 2.74. The van der Waals surface area contributed by atoms with Gasteiger partial charge in [0.2, 0.25) is 0 Å². The predicted molar refractivity (Wildman–Crippen MR) is 76.2 cm³/mol. The van der Waals surface area contributed by atoms with Crippen molar-refractivity contribution in [1.29, 1.82) is 0 Å². The van der Waals surface area contributed by atoms with Gasteiger partial charge in [-0.05, 0) is 41.3 Å². The lowest BCUT2D eigenvalue weighted by atomic mass is 9.77. The van der Waals surface area contributed by atoms with E-state index in [0.717, 1.165) is 13.0 Å². The summed E-state index contributed by atoms with van der Waals surface area (Å²) in [5, 5.41) is 0. The Labute approximate surface area is 106 Å². The molecule has 1 nitrogen and oxygen atoms in total. The molecule has 0 heterocycles. The van der Waals surface area contributed by atoms with Crippen LogP contribution in [0.1, 0.15) is 51.7 Å². The van der Waals surface area contributed by atoms with Crippen molar-refractivity contribution in [2.75, 3.05) is 6.54 Å². The van der Waals surface area contributed by atoms with Gasteiger partial charge in [0, 0.05) is 0 Å². The minimum Gasteiger partial charge on any atom is -0.330 e. The molecular weight excluding hydrogens is 206 g/mol. The zero-order valence-electron chi connectivity index (χ0n) is 12.0. The van der Waals surface area contributed by atoms with Crippen molar-refractivity contribution in [2.24, 2.45) is 17.1 Å². The number of hydrogen-bond donors (Lipinski definition) is 1. The quantitative estimate of drug-likeness (QED) is 0.836. The van der Waals surface area contributed by atoms with Crippen LogP contribution in [0.4, 0.5) is 0 Å². The van der Waals surface area contributed by atoms with Crippen LogP contribution in [0, 0.1) is 11.3 Å². The van der Waals surface area contributed by atoms with Crippen molar-refractivity contribution < 1.29 is 0 Å². The lowest BCUT2D eigenvalue weighted by Crippen LogP contribution is -2.29. The Bertz CT molecular complexity index is 330. The van der Waals surface area contributed by atoms with Gasteiger partial charge in [0.1, 0.15) is 0 Å². The van der Waals surface area contributed by atoms with Crippen molar-refractivity contribution in [2.45, 2.75) is 47.0 Å². The van der Waals surface area contributed by atoms with E-state index in [4.69, 9.17) is 5.73 Å². The average Bonchev–Trinajstić information content (AvgIpc) is 2.24. The molecule has 0 aliphatic heterocycles. The van der Waals surface area contributed by atoms with Crippen molar-refractivity contribution in [3.63, 3.8) is 0 Å². The molecule has 0 saturated carbocycles. The zero-order valence-corrected chi connectivity index (χ0v) is 12.0. The van der Waals surface area contributed by atoms with Gasteiger partial charge in [0.15, 0.2) is 0 Å². The number of benzene rings is 1. The second kappa shape index (κ2) is 5.68. The van der Waals surface area contributed by atoms with Gasteiger partial charge in [-0.25, -0.2) is 0 Å². The zero-order chi connectivity index (χ0) is 13.1. The summed E-state index contributed by atoms with van der Waals surface area (Å²) >= 11 is 0. The van der Waals surface area contributed by atoms with E-state index in [1.54, 1.807) is 0 Å². The molecule has 0 radical (unpaired) electrons. The number of rotatable bonds is 4. The Morgan fingerprint density at radius 3 is 1.94 bits per heavy atom. The standard InChI is InChI=1S/C16H27N/c1-12(2)14-8-6-13(7-9-14)10-15(11-17)16(3,4)5/h6-9,12,15H,10-11,17H2,1-5H3. The topological polar surface area (TPSA) is 26.0 Å².